The molecular weight excluding hydrogens is 520 g/mol. The number of nitrogens with zero attached hydrogens (tertiary/aromatic N) is 6. The lowest BCUT2D eigenvalue weighted by Crippen LogP contribution is -2.29. The zero-order valence-electron chi connectivity index (χ0n) is 24.5. The van der Waals surface area contributed by atoms with Gasteiger partial charge < -0.3 is 14.2 Å². The first-order chi connectivity index (χ1) is 19.9. The highest BCUT2D eigenvalue weighted by Gasteiger charge is 2.25. The molecule has 0 unspecified atom stereocenters. The molecule has 2 saturated heterocycles. The first-order valence-corrected chi connectivity index (χ1v) is 14.8. The van der Waals surface area contributed by atoms with E-state index < -0.39 is 0 Å². The lowest BCUT2D eigenvalue weighted by molar-refractivity contribution is 0.00937. The molecule has 10 heteroatoms. The summed E-state index contributed by atoms with van der Waals surface area (Å²) in [6, 6.07) is 10.3. The van der Waals surface area contributed by atoms with Crippen LogP contribution in [-0.2, 0) is 21.3 Å². The van der Waals surface area contributed by atoms with Crippen molar-refractivity contribution in [2.24, 2.45) is 7.05 Å². The minimum Gasteiger partial charge on any atom is -0.381 e. The van der Waals surface area contributed by atoms with Gasteiger partial charge in [-0.15, -0.1) is 10.2 Å². The first-order valence-electron chi connectivity index (χ1n) is 14.8. The van der Waals surface area contributed by atoms with Gasteiger partial charge >= 0.3 is 5.69 Å². The van der Waals surface area contributed by atoms with E-state index in [0.717, 1.165) is 72.1 Å². The Morgan fingerprint density at radius 1 is 1.05 bits per heavy atom. The number of fused-ring (bicyclic) bond motifs is 3. The third-order valence-corrected chi connectivity index (χ3v) is 8.33. The van der Waals surface area contributed by atoms with Crippen LogP contribution in [0.4, 0.5) is 0 Å². The van der Waals surface area contributed by atoms with Crippen LogP contribution in [-0.4, -0.2) is 80.9 Å². The molecule has 218 valence electrons. The highest BCUT2D eigenvalue weighted by Crippen LogP contribution is 2.31. The summed E-state index contributed by atoms with van der Waals surface area (Å²) in [7, 11) is 1.76. The number of benzene rings is 1. The average Bonchev–Trinajstić information content (AvgIpc) is 3.53. The molecule has 0 bridgehead atoms. The molecule has 41 heavy (non-hydrogen) atoms. The van der Waals surface area contributed by atoms with Crippen molar-refractivity contribution in [2.45, 2.75) is 64.4 Å². The number of likely N-dealkylation sites (tertiary alicyclic amines) is 1. The molecule has 3 aromatic heterocycles. The SMILES string of the molecule is CC(C)O[C@@H]1CCN(CCO[C@H](C)c2ccc(-c3ccc4nnc5c(c4c3)n(C3CCOCC3)c(=O)n5C)cn2)C1. The molecule has 2 aliphatic rings. The molecule has 10 nitrogen and oxygen atoms in total. The van der Waals surface area contributed by atoms with E-state index in [9.17, 15) is 4.79 Å². The van der Waals surface area contributed by atoms with Crippen LogP contribution in [0.5, 0.6) is 0 Å². The van der Waals surface area contributed by atoms with Crippen molar-refractivity contribution in [1.82, 2.24) is 29.2 Å². The standard InChI is InChI=1S/C31H40N6O4/c1-20(2)41-25-9-12-36(19-25)13-16-40-21(3)27-7-6-23(18-32-27)22-5-8-28-26(17-22)29-30(34-33-28)35(4)31(38)37(29)24-10-14-39-15-11-24/h5-8,17-18,20-21,24-25H,9-16,19H2,1-4H3/t21-,25-/m1/s1. The van der Waals surface area contributed by atoms with Gasteiger partial charge in [-0.2, -0.15) is 0 Å². The molecule has 0 amide bonds. The van der Waals surface area contributed by atoms with Gasteiger partial charge in [0.25, 0.3) is 0 Å². The summed E-state index contributed by atoms with van der Waals surface area (Å²) >= 11 is 0. The summed E-state index contributed by atoms with van der Waals surface area (Å²) in [4.78, 5) is 20.4. The van der Waals surface area contributed by atoms with Gasteiger partial charge in [-0.05, 0) is 63.8 Å². The Hall–Kier alpha value is -3.18. The molecule has 0 spiro atoms. The predicted octanol–water partition coefficient (Wildman–Crippen LogP) is 4.27. The van der Waals surface area contributed by atoms with Crippen LogP contribution in [0.2, 0.25) is 0 Å². The molecular formula is C31H40N6O4. The summed E-state index contributed by atoms with van der Waals surface area (Å²) in [5.74, 6) is 0. The number of pyridine rings is 1. The van der Waals surface area contributed by atoms with Gasteiger partial charge in [0.2, 0.25) is 0 Å². The summed E-state index contributed by atoms with van der Waals surface area (Å²) in [6.07, 6.45) is 5.09. The van der Waals surface area contributed by atoms with E-state index in [1.807, 2.05) is 35.9 Å². The second-order valence-electron chi connectivity index (χ2n) is 11.5. The molecule has 6 rings (SSSR count). The molecule has 0 radical (unpaired) electrons. The van der Waals surface area contributed by atoms with Crippen LogP contribution in [0, 0.1) is 0 Å². The van der Waals surface area contributed by atoms with Crippen molar-refractivity contribution < 1.29 is 14.2 Å². The monoisotopic (exact) mass is 560 g/mol. The Labute approximate surface area is 240 Å². The van der Waals surface area contributed by atoms with Crippen LogP contribution < -0.4 is 5.69 Å². The van der Waals surface area contributed by atoms with E-state index in [2.05, 4.69) is 41.1 Å². The Balaban J connectivity index is 1.18. The second kappa shape index (κ2) is 12.0. The zero-order valence-corrected chi connectivity index (χ0v) is 24.5. The number of imidazole rings is 1. The minimum absolute atomic E-state index is 0.0625. The van der Waals surface area contributed by atoms with E-state index in [4.69, 9.17) is 19.2 Å². The number of rotatable bonds is 9. The van der Waals surface area contributed by atoms with E-state index >= 15 is 0 Å². The molecule has 4 aromatic rings. The molecule has 5 heterocycles. The molecule has 0 saturated carbocycles. The van der Waals surface area contributed by atoms with Gasteiger partial charge in [0.1, 0.15) is 5.52 Å². The molecule has 2 aliphatic heterocycles. The van der Waals surface area contributed by atoms with Crippen LogP contribution >= 0.6 is 0 Å². The van der Waals surface area contributed by atoms with Gasteiger partial charge in [-0.3, -0.25) is 19.0 Å². The van der Waals surface area contributed by atoms with Gasteiger partial charge in [0, 0.05) is 63.1 Å². The molecule has 2 atom stereocenters. The van der Waals surface area contributed by atoms with Crippen molar-refractivity contribution in [1.29, 1.82) is 0 Å². The van der Waals surface area contributed by atoms with E-state index in [-0.39, 0.29) is 23.9 Å². The topological polar surface area (TPSA) is 96.5 Å². The molecule has 0 N–H and O–H groups in total. The van der Waals surface area contributed by atoms with Gasteiger partial charge in [-0.25, -0.2) is 4.79 Å². The zero-order chi connectivity index (χ0) is 28.5. The van der Waals surface area contributed by atoms with Crippen molar-refractivity contribution in [3.63, 3.8) is 0 Å². The van der Waals surface area contributed by atoms with Crippen LogP contribution in [0.25, 0.3) is 33.2 Å². The summed E-state index contributed by atoms with van der Waals surface area (Å²) in [5, 5.41) is 9.75. The number of aryl methyl sites for hydroxylation is 1. The first kappa shape index (κ1) is 28.0. The van der Waals surface area contributed by atoms with Crippen LogP contribution in [0.1, 0.15) is 57.9 Å². The van der Waals surface area contributed by atoms with E-state index in [0.29, 0.717) is 31.6 Å². The predicted molar refractivity (Wildman–Crippen MR) is 158 cm³/mol. The smallest absolute Gasteiger partial charge is 0.330 e. The summed E-state index contributed by atoms with van der Waals surface area (Å²) in [5.41, 5.74) is 5.05. The normalized spacial score (nSPS) is 19.6. The lowest BCUT2D eigenvalue weighted by Gasteiger charge is -2.23. The molecule has 0 aliphatic carbocycles. The maximum absolute atomic E-state index is 13.3. The largest absolute Gasteiger partial charge is 0.381 e. The number of aromatic nitrogens is 5. The average molecular weight is 561 g/mol. The Morgan fingerprint density at radius 3 is 2.61 bits per heavy atom. The van der Waals surface area contributed by atoms with Crippen molar-refractivity contribution in [2.75, 3.05) is 39.5 Å². The fourth-order valence-electron chi connectivity index (χ4n) is 6.11. The van der Waals surface area contributed by atoms with Crippen molar-refractivity contribution in [3.05, 3.63) is 52.7 Å². The van der Waals surface area contributed by atoms with E-state index in [1.165, 1.54) is 0 Å². The number of ether oxygens (including phenoxy) is 3. The fraction of sp³-hybridized carbons (Fsp3) is 0.548. The maximum Gasteiger partial charge on any atom is 0.330 e. The van der Waals surface area contributed by atoms with Crippen LogP contribution in [0.15, 0.2) is 41.3 Å². The fourth-order valence-corrected chi connectivity index (χ4v) is 6.11. The summed E-state index contributed by atoms with van der Waals surface area (Å²) < 4.78 is 21.1. The lowest BCUT2D eigenvalue weighted by atomic mass is 10.0. The maximum atomic E-state index is 13.3. The Bertz CT molecular complexity index is 1560. The van der Waals surface area contributed by atoms with Gasteiger partial charge in [0.05, 0.1) is 36.1 Å². The minimum atomic E-state index is -0.0981. The van der Waals surface area contributed by atoms with Gasteiger partial charge in [-0.1, -0.05) is 12.1 Å². The van der Waals surface area contributed by atoms with Gasteiger partial charge in [0.15, 0.2) is 5.65 Å². The molecule has 1 aromatic carbocycles. The Morgan fingerprint density at radius 2 is 1.85 bits per heavy atom. The molecule has 2 fully saturated rings. The van der Waals surface area contributed by atoms with Crippen LogP contribution in [0.3, 0.4) is 0 Å². The highest BCUT2D eigenvalue weighted by atomic mass is 16.5. The highest BCUT2D eigenvalue weighted by molar-refractivity contribution is 6.02. The Kier molecular flexibility index (Phi) is 8.16. The third-order valence-electron chi connectivity index (χ3n) is 8.33. The number of hydrogen-bond acceptors (Lipinski definition) is 8. The summed E-state index contributed by atoms with van der Waals surface area (Å²) in [6.45, 7) is 11.1. The number of hydrogen-bond donors (Lipinski definition) is 0. The quantitative estimate of drug-likeness (QED) is 0.299. The van der Waals surface area contributed by atoms with Crippen molar-refractivity contribution in [3.8, 4) is 11.1 Å². The van der Waals surface area contributed by atoms with E-state index in [1.54, 1.807) is 11.6 Å². The second-order valence-corrected chi connectivity index (χ2v) is 11.5. The van der Waals surface area contributed by atoms with Crippen molar-refractivity contribution >= 4 is 22.1 Å². The third kappa shape index (κ3) is 5.79.